The number of nitrogens with zero attached hydrogens (tertiary/aromatic N) is 6. The number of benzene rings is 2. The molecule has 1 fully saturated rings. The zero-order valence-corrected chi connectivity index (χ0v) is 27.4. The summed E-state index contributed by atoms with van der Waals surface area (Å²) in [6.45, 7) is 7.13. The molecule has 0 saturated carbocycles. The lowest BCUT2D eigenvalue weighted by Crippen LogP contribution is -2.60. The zero-order chi connectivity index (χ0) is 33.6. The minimum Gasteiger partial charge on any atom is -0.444 e. The third kappa shape index (κ3) is 8.40. The Morgan fingerprint density at radius 1 is 1.02 bits per heavy atom. The van der Waals surface area contributed by atoms with Gasteiger partial charge in [0.2, 0.25) is 5.91 Å². The van der Waals surface area contributed by atoms with Crippen molar-refractivity contribution in [2.45, 2.75) is 32.4 Å². The molecular weight excluding hydrogens is 616 g/mol. The number of non-ortho nitro benzene ring substituents is 1. The predicted octanol–water partition coefficient (Wildman–Crippen LogP) is 4.47. The number of carbonyl (C=O) groups excluding carboxylic acids is 3. The van der Waals surface area contributed by atoms with Crippen molar-refractivity contribution in [3.8, 4) is 0 Å². The molecule has 46 heavy (non-hydrogen) atoms. The van der Waals surface area contributed by atoms with Crippen molar-refractivity contribution in [1.82, 2.24) is 19.7 Å². The molecule has 14 heteroatoms. The van der Waals surface area contributed by atoms with Crippen LogP contribution >= 0.6 is 11.6 Å². The van der Waals surface area contributed by atoms with Crippen LogP contribution in [0, 0.1) is 10.1 Å². The summed E-state index contributed by atoms with van der Waals surface area (Å²) in [5, 5.41) is 12.8. The lowest BCUT2D eigenvalue weighted by molar-refractivity contribution is -0.383. The Morgan fingerprint density at radius 3 is 2.35 bits per heavy atom. The number of rotatable bonds is 10. The van der Waals surface area contributed by atoms with Crippen LogP contribution in [0.2, 0.25) is 5.02 Å². The molecule has 13 nitrogen and oxygen atoms in total. The fourth-order valence-corrected chi connectivity index (χ4v) is 5.21. The number of carbonyl (C=O) groups is 3. The van der Waals surface area contributed by atoms with Crippen LogP contribution in [0.5, 0.6) is 0 Å². The van der Waals surface area contributed by atoms with Crippen LogP contribution in [0.25, 0.3) is 10.9 Å². The van der Waals surface area contributed by atoms with Crippen molar-refractivity contribution in [3.05, 3.63) is 75.4 Å². The molecule has 0 bridgehead atoms. The fourth-order valence-electron chi connectivity index (χ4n) is 5.08. The number of nitro groups is 1. The van der Waals surface area contributed by atoms with Gasteiger partial charge in [-0.3, -0.25) is 19.7 Å². The third-order valence-electron chi connectivity index (χ3n) is 7.50. The molecule has 1 atom stereocenters. The quantitative estimate of drug-likeness (QED) is 0.176. The SMILES string of the molecule is CN(CCOCCN(C)C(=O)C1CN(C(=O)c2ccc(Cl)cc2)CCN1c1ccc([N+](=O)[O-])c2ncccc12)C(=O)OC(C)(C)C. The third-order valence-corrected chi connectivity index (χ3v) is 7.75. The van der Waals surface area contributed by atoms with Gasteiger partial charge in [-0.25, -0.2) is 9.78 Å². The second-order valence-corrected chi connectivity index (χ2v) is 12.4. The topological polar surface area (TPSA) is 139 Å². The summed E-state index contributed by atoms with van der Waals surface area (Å²) in [6.07, 6.45) is 1.04. The van der Waals surface area contributed by atoms with E-state index in [1.165, 1.54) is 22.1 Å². The van der Waals surface area contributed by atoms with Crippen LogP contribution in [-0.4, -0.2) is 114 Å². The number of halogens is 1. The molecule has 0 spiro atoms. The fraction of sp³-hybridized carbons (Fsp3) is 0.438. The van der Waals surface area contributed by atoms with E-state index in [0.29, 0.717) is 41.3 Å². The minimum atomic E-state index is -0.793. The van der Waals surface area contributed by atoms with E-state index in [1.54, 1.807) is 82.2 Å². The first kappa shape index (κ1) is 34.4. The molecule has 1 aliphatic heterocycles. The number of pyridine rings is 1. The summed E-state index contributed by atoms with van der Waals surface area (Å²) in [6, 6.07) is 12.2. The number of fused-ring (bicyclic) bond motifs is 1. The molecule has 2 aromatic carbocycles. The summed E-state index contributed by atoms with van der Waals surface area (Å²) < 4.78 is 11.1. The van der Waals surface area contributed by atoms with Gasteiger partial charge in [0.1, 0.15) is 17.2 Å². The van der Waals surface area contributed by atoms with Gasteiger partial charge in [0.15, 0.2) is 0 Å². The van der Waals surface area contributed by atoms with Gasteiger partial charge in [-0.05, 0) is 63.2 Å². The van der Waals surface area contributed by atoms with Crippen molar-refractivity contribution in [2.75, 3.05) is 64.9 Å². The Kier molecular flexibility index (Phi) is 11.0. The Morgan fingerprint density at radius 2 is 1.70 bits per heavy atom. The largest absolute Gasteiger partial charge is 0.444 e. The highest BCUT2D eigenvalue weighted by molar-refractivity contribution is 6.30. The molecule has 4 rings (SSSR count). The normalized spacial score (nSPS) is 15.0. The van der Waals surface area contributed by atoms with Gasteiger partial charge in [-0.15, -0.1) is 0 Å². The van der Waals surface area contributed by atoms with Gasteiger partial charge in [0.05, 0.1) is 24.7 Å². The zero-order valence-electron chi connectivity index (χ0n) is 26.6. The van der Waals surface area contributed by atoms with Crippen molar-refractivity contribution in [1.29, 1.82) is 0 Å². The smallest absolute Gasteiger partial charge is 0.410 e. The first-order valence-corrected chi connectivity index (χ1v) is 15.2. The van der Waals surface area contributed by atoms with E-state index in [2.05, 4.69) is 4.98 Å². The molecule has 0 radical (unpaired) electrons. The van der Waals surface area contributed by atoms with Gasteiger partial charge in [-0.1, -0.05) is 11.6 Å². The Balaban J connectivity index is 1.50. The maximum atomic E-state index is 14.0. The summed E-state index contributed by atoms with van der Waals surface area (Å²) >= 11 is 6.02. The summed E-state index contributed by atoms with van der Waals surface area (Å²) in [5.74, 6) is -0.483. The van der Waals surface area contributed by atoms with Gasteiger partial charge < -0.3 is 29.1 Å². The lowest BCUT2D eigenvalue weighted by Gasteiger charge is -2.43. The molecule has 2 heterocycles. The van der Waals surface area contributed by atoms with Gasteiger partial charge in [0.25, 0.3) is 11.6 Å². The highest BCUT2D eigenvalue weighted by Gasteiger charge is 2.37. The molecule has 0 aliphatic carbocycles. The van der Waals surface area contributed by atoms with E-state index in [-0.39, 0.29) is 49.3 Å². The van der Waals surface area contributed by atoms with E-state index in [4.69, 9.17) is 21.1 Å². The molecule has 3 aromatic rings. The van der Waals surface area contributed by atoms with E-state index < -0.39 is 22.7 Å². The van der Waals surface area contributed by atoms with Crippen LogP contribution in [0.3, 0.4) is 0 Å². The Bertz CT molecular complexity index is 1580. The van der Waals surface area contributed by atoms with Gasteiger partial charge in [0, 0.05) is 74.2 Å². The monoisotopic (exact) mass is 654 g/mol. The van der Waals surface area contributed by atoms with Crippen LogP contribution in [-0.2, 0) is 14.3 Å². The van der Waals surface area contributed by atoms with Crippen molar-refractivity contribution >= 4 is 51.8 Å². The molecule has 1 aliphatic rings. The molecular formula is C32H39ClN6O7. The number of ether oxygens (including phenoxy) is 2. The van der Waals surface area contributed by atoms with Gasteiger partial charge >= 0.3 is 6.09 Å². The average Bonchev–Trinajstić information content (AvgIpc) is 3.02. The van der Waals surface area contributed by atoms with Crippen LogP contribution in [0.1, 0.15) is 31.1 Å². The number of piperazine rings is 1. The van der Waals surface area contributed by atoms with E-state index in [1.807, 2.05) is 4.90 Å². The maximum Gasteiger partial charge on any atom is 0.410 e. The summed E-state index contributed by atoms with van der Waals surface area (Å²) in [7, 11) is 3.28. The average molecular weight is 655 g/mol. The van der Waals surface area contributed by atoms with E-state index in [0.717, 1.165) is 0 Å². The van der Waals surface area contributed by atoms with Gasteiger partial charge in [-0.2, -0.15) is 0 Å². The number of nitro benzene ring substituents is 1. The number of amides is 3. The molecule has 1 saturated heterocycles. The first-order valence-electron chi connectivity index (χ1n) is 14.9. The predicted molar refractivity (Wildman–Crippen MR) is 174 cm³/mol. The first-order chi connectivity index (χ1) is 21.8. The van der Waals surface area contributed by atoms with Crippen LogP contribution < -0.4 is 4.90 Å². The van der Waals surface area contributed by atoms with E-state index in [9.17, 15) is 24.5 Å². The standard InChI is InChI=1S/C32H39ClN6O7/c1-32(2,3)46-31(42)36(5)18-20-45-19-17-35(4)30(41)27-21-37(29(40)22-8-10-23(33)11-9-22)15-16-38(27)25-12-13-26(39(43)44)28-24(25)7-6-14-34-28/h6-14,27H,15-21H2,1-5H3. The Labute approximate surface area is 272 Å². The lowest BCUT2D eigenvalue weighted by atomic mass is 10.0. The number of aromatic nitrogens is 1. The molecule has 3 amide bonds. The van der Waals surface area contributed by atoms with Crippen LogP contribution in [0.15, 0.2) is 54.7 Å². The second-order valence-electron chi connectivity index (χ2n) is 12.0. The summed E-state index contributed by atoms with van der Waals surface area (Å²) in [5.41, 5.74) is 0.543. The molecule has 0 N–H and O–H groups in total. The number of likely N-dealkylation sites (N-methyl/N-ethyl adjacent to an activating group) is 2. The number of anilines is 1. The van der Waals surface area contributed by atoms with Crippen molar-refractivity contribution in [2.24, 2.45) is 0 Å². The van der Waals surface area contributed by atoms with Crippen molar-refractivity contribution < 1.29 is 28.8 Å². The van der Waals surface area contributed by atoms with Crippen molar-refractivity contribution in [3.63, 3.8) is 0 Å². The second kappa shape index (κ2) is 14.7. The maximum absolute atomic E-state index is 14.0. The molecule has 1 unspecified atom stereocenters. The molecule has 1 aromatic heterocycles. The van der Waals surface area contributed by atoms with E-state index >= 15 is 0 Å². The highest BCUT2D eigenvalue weighted by Crippen LogP contribution is 2.34. The Hall–Kier alpha value is -4.49. The minimum absolute atomic E-state index is 0.0882. The molecule has 246 valence electrons. The number of hydrogen-bond donors (Lipinski definition) is 0. The number of hydrogen-bond acceptors (Lipinski definition) is 9. The summed E-state index contributed by atoms with van der Waals surface area (Å²) in [4.78, 5) is 61.6. The highest BCUT2D eigenvalue weighted by atomic mass is 35.5. The van der Waals surface area contributed by atoms with Crippen LogP contribution in [0.4, 0.5) is 16.2 Å².